The maximum absolute atomic E-state index is 5.85. The van der Waals surface area contributed by atoms with E-state index in [1.54, 1.807) is 40.8 Å². The Morgan fingerprint density at radius 2 is 0.479 bits per heavy atom. The molecule has 0 spiro atoms. The number of ether oxygens (including phenoxy) is 9. The van der Waals surface area contributed by atoms with Gasteiger partial charge in [0.25, 0.3) is 0 Å². The van der Waals surface area contributed by atoms with E-state index in [0.717, 1.165) is 266 Å². The molecule has 7 N–H and O–H groups in total. The number of nitrogens with one attached hydrogen (secondary N) is 7. The van der Waals surface area contributed by atoms with Crippen molar-refractivity contribution >= 4 is 5.69 Å². The van der Waals surface area contributed by atoms with Crippen molar-refractivity contribution in [3.05, 3.63) is 331 Å². The van der Waals surface area contributed by atoms with Crippen LogP contribution in [0.4, 0.5) is 5.69 Å². The molecule has 24 rings (SSSR count). The average Bonchev–Trinajstić information content (AvgIpc) is 1.34. The zero-order valence-corrected chi connectivity index (χ0v) is 83.0. The van der Waals surface area contributed by atoms with Gasteiger partial charge in [-0.05, 0) is 410 Å². The van der Waals surface area contributed by atoms with Crippen LogP contribution in [0.25, 0.3) is 0 Å². The van der Waals surface area contributed by atoms with Crippen LogP contribution in [0.5, 0.6) is 51.7 Å². The maximum Gasteiger partial charge on any atom is 0.137 e. The molecule has 0 saturated carbocycles. The number of fused-ring (bicyclic) bond motifs is 6. The lowest BCUT2D eigenvalue weighted by molar-refractivity contribution is 0.216. The van der Waals surface area contributed by atoms with Crippen molar-refractivity contribution in [1.29, 1.82) is 0 Å². The number of pyridine rings is 6. The van der Waals surface area contributed by atoms with Gasteiger partial charge in [0, 0.05) is 92.1 Å². The summed E-state index contributed by atoms with van der Waals surface area (Å²) in [4.78, 5) is 26.0. The first-order valence-corrected chi connectivity index (χ1v) is 53.3. The van der Waals surface area contributed by atoms with Gasteiger partial charge in [-0.1, -0.05) is 84.9 Å². The van der Waals surface area contributed by atoms with E-state index in [1.165, 1.54) is 191 Å². The van der Waals surface area contributed by atoms with Crippen molar-refractivity contribution in [1.82, 2.24) is 61.8 Å². The molecule has 6 atom stereocenters. The number of hydrogen-bond acceptors (Lipinski definition) is 22. The van der Waals surface area contributed by atoms with E-state index in [0.29, 0.717) is 36.3 Å². The normalized spacial score (nSPS) is 19.1. The second-order valence-corrected chi connectivity index (χ2v) is 40.3. The third kappa shape index (κ3) is 30.1. The molecule has 6 fully saturated rings. The lowest BCUT2D eigenvalue weighted by Gasteiger charge is -2.27. The molecule has 0 bridgehead atoms. The van der Waals surface area contributed by atoms with Crippen molar-refractivity contribution in [2.45, 2.75) is 242 Å². The molecular weight excluding hydrogens is 1770 g/mol. The highest BCUT2D eigenvalue weighted by Gasteiger charge is 2.25. The van der Waals surface area contributed by atoms with Crippen molar-refractivity contribution in [2.24, 2.45) is 0 Å². The van der Waals surface area contributed by atoms with E-state index in [9.17, 15) is 0 Å². The fraction of sp³-hybridized carbons (Fsp3) is 0.450. The lowest BCUT2D eigenvalue weighted by Crippen LogP contribution is -2.46. The number of rotatable bonds is 36. The number of nitrogens with zero attached hydrogens (tertiary/aromatic N) is 6. The predicted molar refractivity (Wildman–Crippen MR) is 562 cm³/mol. The van der Waals surface area contributed by atoms with Crippen molar-refractivity contribution in [2.75, 3.05) is 111 Å². The molecule has 2 aliphatic carbocycles. The van der Waals surface area contributed by atoms with Gasteiger partial charge in [0.1, 0.15) is 91.4 Å². The first-order valence-electron chi connectivity index (χ1n) is 53.3. The van der Waals surface area contributed by atoms with Gasteiger partial charge in [0.15, 0.2) is 0 Å². The Bertz CT molecular complexity index is 5410. The van der Waals surface area contributed by atoms with Gasteiger partial charge in [0.2, 0.25) is 0 Å². The highest BCUT2D eigenvalue weighted by atomic mass is 16.5. The molecule has 10 aliphatic heterocycles. The Hall–Kier alpha value is -12.0. The Morgan fingerprint density at radius 1 is 0.211 bits per heavy atom. The monoisotopic (exact) mass is 1910 g/mol. The molecule has 0 unspecified atom stereocenters. The summed E-state index contributed by atoms with van der Waals surface area (Å²) in [5.74, 6) is 8.47. The summed E-state index contributed by atoms with van der Waals surface area (Å²) in [5, 5.41) is 23.6. The SMILES string of the molecule is c1cc2c(cc1CCc1cncc(OC[C@@H]3CCN3)c1)CCC2.c1cc2c(cc1CCc1cncc(OC[C@@H]3CCN3)c1)CCCC2.c1cc2c(cc1CCc1cncc(OC[C@@H]3CCN3)c1)CCCO2.c1cc2c(cc1CCc1cncc(OC[C@@H]3CCN3)c1)CCO2.c1cc2c(cc1CCc1cncc(OC[C@@H]3CCN3)c1)NCCC2.c1cc2c(cc1CCc1cncc(OC[C@@H]3CCN3)c1)OCCC2. The summed E-state index contributed by atoms with van der Waals surface area (Å²) < 4.78 is 52.0. The Kier molecular flexibility index (Phi) is 36.0. The van der Waals surface area contributed by atoms with Crippen LogP contribution in [-0.4, -0.2) is 171 Å². The minimum atomic E-state index is 0.504. The van der Waals surface area contributed by atoms with Crippen molar-refractivity contribution in [3.63, 3.8) is 0 Å². The number of anilines is 1. The van der Waals surface area contributed by atoms with Gasteiger partial charge < -0.3 is 79.8 Å². The molecule has 22 nitrogen and oxygen atoms in total. The van der Waals surface area contributed by atoms with Crippen LogP contribution in [0.15, 0.2) is 220 Å². The van der Waals surface area contributed by atoms with Crippen LogP contribution < -0.4 is 79.8 Å². The van der Waals surface area contributed by atoms with E-state index in [-0.39, 0.29) is 0 Å². The molecule has 6 saturated heterocycles. The largest absolute Gasteiger partial charge is 0.493 e. The molecule has 0 amide bonds. The van der Waals surface area contributed by atoms with Gasteiger partial charge in [0.05, 0.1) is 57.0 Å². The summed E-state index contributed by atoms with van der Waals surface area (Å²) in [6.07, 6.45) is 58.9. The highest BCUT2D eigenvalue weighted by molar-refractivity contribution is 5.55. The highest BCUT2D eigenvalue weighted by Crippen LogP contribution is 2.34. The van der Waals surface area contributed by atoms with E-state index < -0.39 is 0 Å². The summed E-state index contributed by atoms with van der Waals surface area (Å²) in [7, 11) is 0. The number of aryl methyl sites for hydroxylation is 19. The molecule has 12 aromatic rings. The standard InChI is InChI=1S/C21H26N2O.C20H25N3O.2C20H24N2O2.C20H24N2O.C19H22N2O2/c1-2-4-19-11-16(7-8-18(19)3-1)5-6-17-12-21(14-22-13-17)24-15-20-9-10-23-20;1-2-17-6-5-15(11-20(17)23-8-1)3-4-16-10-19(13-21-12-16)24-14-18-7-9-22-18;1-2-17-6-5-15(11-20(17)23-9-1)3-4-16-10-19(13-21-12-16)24-14-18-7-8-22-18;1-2-17-10-15(5-6-20(17)23-9-1)3-4-16-11-19(13-21-12-16)24-14-18-7-8-22-18;1-2-17-7-6-15(10-18(17)3-1)4-5-16-11-20(13-21-12-16)23-14-19-8-9-22-19;1(14-3-4-19-16(9-14)6-8-22-19)2-15-10-18(12-20-11-15)23-13-17-5-7-21-17/h7-8,11-14,20,23H,1-6,9-10,15H2;5-6,10-13,18,22-23H,1-4,7-9,14H2;2*5-6,10-13,18,22H,1-4,7-9,14H2;6-7,10-13,19,22H,1-5,8-9,14H2;3-4,9-12,17,21H,1-2,5-8,13H2/t20-;3*18-;19-;17-/m000000/s1. The molecule has 16 heterocycles. The fourth-order valence-electron chi connectivity index (χ4n) is 19.8. The Balaban J connectivity index is 0.000000108. The quantitative estimate of drug-likeness (QED) is 0.0193. The molecule has 22 heteroatoms. The number of benzene rings is 6. The van der Waals surface area contributed by atoms with Gasteiger partial charge in [-0.25, -0.2) is 0 Å². The van der Waals surface area contributed by atoms with Crippen LogP contribution in [0, 0.1) is 0 Å². The van der Waals surface area contributed by atoms with Crippen LogP contribution >= 0.6 is 0 Å². The minimum Gasteiger partial charge on any atom is -0.493 e. The molecule has 6 aromatic carbocycles. The minimum absolute atomic E-state index is 0.504. The van der Waals surface area contributed by atoms with E-state index in [2.05, 4.69) is 213 Å². The summed E-state index contributed by atoms with van der Waals surface area (Å²) in [5.41, 5.74) is 28.8. The Labute approximate surface area is 840 Å². The summed E-state index contributed by atoms with van der Waals surface area (Å²) >= 11 is 0. The van der Waals surface area contributed by atoms with Gasteiger partial charge >= 0.3 is 0 Å². The predicted octanol–water partition coefficient (Wildman–Crippen LogP) is 18.0. The zero-order chi connectivity index (χ0) is 95.7. The molecule has 744 valence electrons. The second kappa shape index (κ2) is 51.8. The van der Waals surface area contributed by atoms with Crippen LogP contribution in [0.3, 0.4) is 0 Å². The van der Waals surface area contributed by atoms with Gasteiger partial charge in [-0.15, -0.1) is 0 Å². The smallest absolute Gasteiger partial charge is 0.137 e. The van der Waals surface area contributed by atoms with Crippen molar-refractivity contribution < 1.29 is 42.6 Å². The van der Waals surface area contributed by atoms with Gasteiger partial charge in [-0.3, -0.25) is 29.9 Å². The molecule has 6 aromatic heterocycles. The maximum atomic E-state index is 5.85. The lowest BCUT2D eigenvalue weighted by atomic mass is 9.89. The van der Waals surface area contributed by atoms with Crippen LogP contribution in [0.1, 0.15) is 188 Å². The zero-order valence-electron chi connectivity index (χ0n) is 83.0. The first-order chi connectivity index (χ1) is 70.2. The third-order valence-corrected chi connectivity index (χ3v) is 29.5. The molecule has 142 heavy (non-hydrogen) atoms. The van der Waals surface area contributed by atoms with E-state index in [4.69, 9.17) is 42.6 Å². The van der Waals surface area contributed by atoms with E-state index >= 15 is 0 Å². The second-order valence-electron chi connectivity index (χ2n) is 40.3. The topological polar surface area (TPSA) is 245 Å². The molecule has 12 aliphatic rings. The fourth-order valence-corrected chi connectivity index (χ4v) is 19.8. The third-order valence-electron chi connectivity index (χ3n) is 29.5. The number of aromatic nitrogens is 6. The van der Waals surface area contributed by atoms with Crippen LogP contribution in [0.2, 0.25) is 0 Å². The molecular formula is C120H145N13O9. The van der Waals surface area contributed by atoms with Gasteiger partial charge in [-0.2, -0.15) is 0 Å². The summed E-state index contributed by atoms with van der Waals surface area (Å²) in [6, 6.07) is 56.5. The Morgan fingerprint density at radius 3 is 0.845 bits per heavy atom. The first kappa shape index (κ1) is 98.7. The molecule has 0 radical (unpaired) electrons. The summed E-state index contributed by atoms with van der Waals surface area (Å²) in [6.45, 7) is 14.7. The average molecular weight is 1910 g/mol. The van der Waals surface area contributed by atoms with Crippen molar-refractivity contribution in [3.8, 4) is 51.7 Å². The van der Waals surface area contributed by atoms with Crippen LogP contribution in [-0.2, 0) is 128 Å². The number of hydrogen-bond donors (Lipinski definition) is 7. The van der Waals surface area contributed by atoms with E-state index in [1.807, 2.05) is 55.8 Å².